The molecule has 1 fully saturated rings. The van der Waals surface area contributed by atoms with Gasteiger partial charge in [-0.05, 0) is 66.3 Å². The Labute approximate surface area is 182 Å². The van der Waals surface area contributed by atoms with Gasteiger partial charge in [0.1, 0.15) is 17.5 Å². The molecule has 0 radical (unpaired) electrons. The lowest BCUT2D eigenvalue weighted by molar-refractivity contribution is -0.121. The van der Waals surface area contributed by atoms with Gasteiger partial charge >= 0.3 is 0 Å². The second kappa shape index (κ2) is 7.85. The number of hydrogen-bond acceptors (Lipinski definition) is 2. The van der Waals surface area contributed by atoms with Crippen molar-refractivity contribution >= 4 is 16.8 Å². The van der Waals surface area contributed by atoms with Crippen LogP contribution in [0.1, 0.15) is 30.0 Å². The second-order valence-corrected chi connectivity index (χ2v) is 8.32. The van der Waals surface area contributed by atoms with E-state index in [4.69, 9.17) is 0 Å². The highest BCUT2D eigenvalue weighted by molar-refractivity contribution is 5.92. The molecule has 2 aromatic heterocycles. The highest BCUT2D eigenvalue weighted by Gasteiger charge is 2.35. The summed E-state index contributed by atoms with van der Waals surface area (Å²) in [6, 6.07) is 9.84. The van der Waals surface area contributed by atoms with Gasteiger partial charge in [-0.15, -0.1) is 0 Å². The first-order valence-electron chi connectivity index (χ1n) is 10.4. The monoisotopic (exact) mass is 438 g/mol. The summed E-state index contributed by atoms with van der Waals surface area (Å²) in [6.45, 7) is 0. The first-order valence-corrected chi connectivity index (χ1v) is 10.4. The van der Waals surface area contributed by atoms with Crippen LogP contribution in [0, 0.1) is 17.5 Å². The van der Waals surface area contributed by atoms with Gasteiger partial charge in [0.25, 0.3) is 0 Å². The van der Waals surface area contributed by atoms with Crippen molar-refractivity contribution in [3.05, 3.63) is 77.4 Å². The Kier molecular flexibility index (Phi) is 5.00. The van der Waals surface area contributed by atoms with Crippen molar-refractivity contribution in [2.75, 3.05) is 0 Å². The predicted molar refractivity (Wildman–Crippen MR) is 114 cm³/mol. The fourth-order valence-corrected chi connectivity index (χ4v) is 4.48. The summed E-state index contributed by atoms with van der Waals surface area (Å²) in [5.41, 5.74) is 3.05. The van der Waals surface area contributed by atoms with Crippen LogP contribution in [-0.4, -0.2) is 26.7 Å². The number of benzene rings is 2. The van der Waals surface area contributed by atoms with Crippen molar-refractivity contribution < 1.29 is 18.0 Å². The van der Waals surface area contributed by atoms with Crippen molar-refractivity contribution in [2.45, 2.75) is 31.2 Å². The quantitative estimate of drug-likeness (QED) is 0.479. The molecular weight excluding hydrogens is 417 g/mol. The van der Waals surface area contributed by atoms with E-state index >= 15 is 0 Å². The van der Waals surface area contributed by atoms with Gasteiger partial charge < -0.3 is 10.3 Å². The van der Waals surface area contributed by atoms with Crippen LogP contribution in [0.15, 0.2) is 48.7 Å². The summed E-state index contributed by atoms with van der Waals surface area (Å²) in [7, 11) is 1.80. The molecule has 0 spiro atoms. The number of halogens is 3. The number of aromatic amines is 1. The number of aryl methyl sites for hydroxylation is 1. The molecule has 2 aromatic carbocycles. The van der Waals surface area contributed by atoms with E-state index in [1.165, 1.54) is 18.2 Å². The van der Waals surface area contributed by atoms with Gasteiger partial charge in [-0.2, -0.15) is 5.10 Å². The van der Waals surface area contributed by atoms with Gasteiger partial charge in [-0.1, -0.05) is 0 Å². The first-order chi connectivity index (χ1) is 15.4. The lowest BCUT2D eigenvalue weighted by Gasteiger charge is -2.36. The molecule has 0 unspecified atom stereocenters. The van der Waals surface area contributed by atoms with E-state index < -0.39 is 11.6 Å². The molecular formula is C24H21F3N4O. The maximum atomic E-state index is 14.5. The molecule has 0 aliphatic heterocycles. The Bertz CT molecular complexity index is 1300. The standard InChI is InChI=1S/C24H21F3N4O/c1-31-7-6-17(30-31)12-21(32)28-18-8-14(9-18)22-19-10-16(26)11-20(27)24(19)29-23(22)13-2-4-15(25)5-3-13/h2-7,10-11,14,18,29H,8-9,12H2,1H3,(H,28,32)/t14-,18+. The average Bonchev–Trinajstić information content (AvgIpc) is 3.28. The zero-order chi connectivity index (χ0) is 22.4. The van der Waals surface area contributed by atoms with Crippen LogP contribution < -0.4 is 5.32 Å². The van der Waals surface area contributed by atoms with E-state index in [2.05, 4.69) is 15.4 Å². The maximum Gasteiger partial charge on any atom is 0.226 e. The molecule has 32 heavy (non-hydrogen) atoms. The Hall–Kier alpha value is -3.55. The second-order valence-electron chi connectivity index (χ2n) is 8.32. The third kappa shape index (κ3) is 3.77. The molecule has 1 saturated carbocycles. The maximum absolute atomic E-state index is 14.5. The lowest BCUT2D eigenvalue weighted by Crippen LogP contribution is -2.44. The number of carbonyl (C=O) groups excluding carboxylic acids is 1. The van der Waals surface area contributed by atoms with Crippen molar-refractivity contribution in [3.8, 4) is 11.3 Å². The van der Waals surface area contributed by atoms with E-state index in [0.717, 1.165) is 11.6 Å². The number of rotatable bonds is 5. The average molecular weight is 438 g/mol. The molecule has 5 nitrogen and oxygen atoms in total. The number of nitrogens with zero attached hydrogens (tertiary/aromatic N) is 2. The molecule has 1 aliphatic carbocycles. The molecule has 2 heterocycles. The molecule has 5 rings (SSSR count). The minimum absolute atomic E-state index is 0.00477. The van der Waals surface area contributed by atoms with Gasteiger partial charge in [0.05, 0.1) is 23.3 Å². The summed E-state index contributed by atoms with van der Waals surface area (Å²) in [4.78, 5) is 15.4. The molecule has 8 heteroatoms. The zero-order valence-corrected chi connectivity index (χ0v) is 17.3. The van der Waals surface area contributed by atoms with E-state index in [0.29, 0.717) is 35.2 Å². The molecule has 0 saturated heterocycles. The van der Waals surface area contributed by atoms with E-state index in [9.17, 15) is 18.0 Å². The molecule has 0 atom stereocenters. The predicted octanol–water partition coefficient (Wildman–Crippen LogP) is 4.59. The molecule has 4 aromatic rings. The number of nitrogens with one attached hydrogen (secondary N) is 2. The smallest absolute Gasteiger partial charge is 0.226 e. The molecule has 2 N–H and O–H groups in total. The summed E-state index contributed by atoms with van der Waals surface area (Å²) in [5, 5.41) is 7.70. The number of hydrogen-bond donors (Lipinski definition) is 2. The Morgan fingerprint density at radius 1 is 1.12 bits per heavy atom. The fraction of sp³-hybridized carbons (Fsp3) is 0.250. The van der Waals surface area contributed by atoms with Crippen molar-refractivity contribution in [3.63, 3.8) is 0 Å². The first kappa shape index (κ1) is 20.4. The van der Waals surface area contributed by atoms with Crippen molar-refractivity contribution in [1.29, 1.82) is 0 Å². The lowest BCUT2D eigenvalue weighted by atomic mass is 9.74. The summed E-state index contributed by atoms with van der Waals surface area (Å²) >= 11 is 0. The molecule has 164 valence electrons. The minimum atomic E-state index is -0.672. The van der Waals surface area contributed by atoms with Gasteiger partial charge in [-0.25, -0.2) is 13.2 Å². The van der Waals surface area contributed by atoms with Gasteiger partial charge in [0.15, 0.2) is 0 Å². The molecule has 0 bridgehead atoms. The van der Waals surface area contributed by atoms with Gasteiger partial charge in [0, 0.05) is 30.7 Å². The minimum Gasteiger partial charge on any atom is -0.353 e. The third-order valence-corrected chi connectivity index (χ3v) is 6.02. The van der Waals surface area contributed by atoms with E-state index in [-0.39, 0.29) is 35.6 Å². The van der Waals surface area contributed by atoms with Crippen LogP contribution in [0.4, 0.5) is 13.2 Å². The Morgan fingerprint density at radius 2 is 1.88 bits per heavy atom. The summed E-state index contributed by atoms with van der Waals surface area (Å²) in [6.07, 6.45) is 3.28. The SMILES string of the molecule is Cn1ccc(CC(=O)N[C@H]2C[C@@H](c3c(-c4ccc(F)cc4)[nH]c4c(F)cc(F)cc43)C2)n1. The normalized spacial score (nSPS) is 18.0. The number of H-pyrrole nitrogens is 1. The topological polar surface area (TPSA) is 62.7 Å². The zero-order valence-electron chi connectivity index (χ0n) is 17.3. The Balaban J connectivity index is 1.39. The van der Waals surface area contributed by atoms with E-state index in [1.54, 1.807) is 36.1 Å². The molecule has 1 amide bonds. The largest absolute Gasteiger partial charge is 0.353 e. The van der Waals surface area contributed by atoms with Crippen molar-refractivity contribution in [1.82, 2.24) is 20.1 Å². The number of aromatic nitrogens is 3. The van der Waals surface area contributed by atoms with Crippen LogP contribution in [0.25, 0.3) is 22.2 Å². The van der Waals surface area contributed by atoms with Crippen LogP contribution >= 0.6 is 0 Å². The fourth-order valence-electron chi connectivity index (χ4n) is 4.48. The van der Waals surface area contributed by atoms with Crippen LogP contribution in [-0.2, 0) is 18.3 Å². The third-order valence-electron chi connectivity index (χ3n) is 6.02. The van der Waals surface area contributed by atoms with Crippen LogP contribution in [0.2, 0.25) is 0 Å². The highest BCUT2D eigenvalue weighted by atomic mass is 19.1. The van der Waals surface area contributed by atoms with Crippen LogP contribution in [0.3, 0.4) is 0 Å². The van der Waals surface area contributed by atoms with E-state index in [1.807, 2.05) is 0 Å². The molecule has 1 aliphatic rings. The van der Waals surface area contributed by atoms with Gasteiger partial charge in [0.2, 0.25) is 5.91 Å². The summed E-state index contributed by atoms with van der Waals surface area (Å²) in [5.74, 6) is -1.80. The van der Waals surface area contributed by atoms with Crippen molar-refractivity contribution in [2.24, 2.45) is 7.05 Å². The van der Waals surface area contributed by atoms with Crippen LogP contribution in [0.5, 0.6) is 0 Å². The summed E-state index contributed by atoms with van der Waals surface area (Å²) < 4.78 is 43.6. The Morgan fingerprint density at radius 3 is 2.56 bits per heavy atom. The highest BCUT2D eigenvalue weighted by Crippen LogP contribution is 2.45. The van der Waals surface area contributed by atoms with Gasteiger partial charge in [-0.3, -0.25) is 9.48 Å². The number of amides is 1. The number of fused-ring (bicyclic) bond motifs is 1. The number of carbonyl (C=O) groups is 1.